The van der Waals surface area contributed by atoms with Crippen LogP contribution in [-0.2, 0) is 4.79 Å². The molecule has 0 saturated heterocycles. The first-order valence-corrected chi connectivity index (χ1v) is 8.01. The van der Waals surface area contributed by atoms with E-state index < -0.39 is 5.91 Å². The maximum absolute atomic E-state index is 12.1. The van der Waals surface area contributed by atoms with Crippen molar-refractivity contribution >= 4 is 23.8 Å². The molecule has 0 bridgehead atoms. The SMILES string of the molecule is CCNC(=O)c1cccc(NC(=O)COc2ccc(OC)cc2C=O)c1. The van der Waals surface area contributed by atoms with E-state index in [1.54, 1.807) is 36.4 Å². The van der Waals surface area contributed by atoms with Gasteiger partial charge in [0, 0.05) is 17.8 Å². The van der Waals surface area contributed by atoms with Crippen LogP contribution in [0.1, 0.15) is 27.6 Å². The molecule has 0 aliphatic rings. The fourth-order valence-electron chi connectivity index (χ4n) is 2.22. The average molecular weight is 356 g/mol. The molecule has 0 aliphatic heterocycles. The molecule has 7 nitrogen and oxygen atoms in total. The highest BCUT2D eigenvalue weighted by atomic mass is 16.5. The molecule has 0 aromatic heterocycles. The molecule has 0 heterocycles. The second kappa shape index (κ2) is 9.22. The van der Waals surface area contributed by atoms with Crippen molar-refractivity contribution in [3.8, 4) is 11.5 Å². The van der Waals surface area contributed by atoms with E-state index in [9.17, 15) is 14.4 Å². The van der Waals surface area contributed by atoms with Crippen LogP contribution in [0.3, 0.4) is 0 Å². The number of rotatable bonds is 8. The molecule has 0 spiro atoms. The van der Waals surface area contributed by atoms with Gasteiger partial charge in [0.1, 0.15) is 11.5 Å². The van der Waals surface area contributed by atoms with Crippen molar-refractivity contribution in [2.45, 2.75) is 6.92 Å². The highest BCUT2D eigenvalue weighted by Gasteiger charge is 2.10. The summed E-state index contributed by atoms with van der Waals surface area (Å²) < 4.78 is 10.4. The van der Waals surface area contributed by atoms with Crippen molar-refractivity contribution in [1.29, 1.82) is 0 Å². The van der Waals surface area contributed by atoms with Crippen molar-refractivity contribution in [2.24, 2.45) is 0 Å². The molecule has 0 unspecified atom stereocenters. The summed E-state index contributed by atoms with van der Waals surface area (Å²) in [4.78, 5) is 35.0. The van der Waals surface area contributed by atoms with Gasteiger partial charge in [-0.25, -0.2) is 0 Å². The number of aldehydes is 1. The van der Waals surface area contributed by atoms with Crippen LogP contribution in [0.5, 0.6) is 11.5 Å². The summed E-state index contributed by atoms with van der Waals surface area (Å²) in [6.07, 6.45) is 0.631. The van der Waals surface area contributed by atoms with Gasteiger partial charge in [-0.3, -0.25) is 14.4 Å². The molecule has 0 fully saturated rings. The van der Waals surface area contributed by atoms with Gasteiger partial charge < -0.3 is 20.1 Å². The van der Waals surface area contributed by atoms with Crippen molar-refractivity contribution in [1.82, 2.24) is 5.32 Å². The van der Waals surface area contributed by atoms with Gasteiger partial charge in [-0.15, -0.1) is 0 Å². The van der Waals surface area contributed by atoms with E-state index >= 15 is 0 Å². The van der Waals surface area contributed by atoms with Gasteiger partial charge in [0.05, 0.1) is 12.7 Å². The van der Waals surface area contributed by atoms with Crippen molar-refractivity contribution in [3.63, 3.8) is 0 Å². The highest BCUT2D eigenvalue weighted by molar-refractivity contribution is 5.97. The Kier molecular flexibility index (Phi) is 6.73. The van der Waals surface area contributed by atoms with Crippen LogP contribution in [-0.4, -0.2) is 38.4 Å². The molecule has 136 valence electrons. The number of hydrogen-bond donors (Lipinski definition) is 2. The minimum Gasteiger partial charge on any atom is -0.497 e. The summed E-state index contributed by atoms with van der Waals surface area (Å²) in [6, 6.07) is 11.3. The Morgan fingerprint density at radius 1 is 1.15 bits per heavy atom. The molecule has 2 rings (SSSR count). The maximum atomic E-state index is 12.1. The van der Waals surface area contributed by atoms with Crippen LogP contribution in [0.2, 0.25) is 0 Å². The molecule has 0 atom stereocenters. The molecule has 2 N–H and O–H groups in total. The number of hydrogen-bond acceptors (Lipinski definition) is 5. The second-order valence-corrected chi connectivity index (χ2v) is 5.30. The van der Waals surface area contributed by atoms with E-state index in [1.807, 2.05) is 6.92 Å². The highest BCUT2D eigenvalue weighted by Crippen LogP contribution is 2.22. The zero-order valence-electron chi connectivity index (χ0n) is 14.6. The Morgan fingerprint density at radius 2 is 1.96 bits per heavy atom. The first-order valence-electron chi connectivity index (χ1n) is 8.01. The van der Waals surface area contributed by atoms with Crippen LogP contribution in [0.4, 0.5) is 5.69 Å². The van der Waals surface area contributed by atoms with Gasteiger partial charge in [-0.1, -0.05) is 6.07 Å². The Hall–Kier alpha value is -3.35. The lowest BCUT2D eigenvalue weighted by Gasteiger charge is -2.11. The van der Waals surface area contributed by atoms with E-state index in [-0.39, 0.29) is 23.8 Å². The number of benzene rings is 2. The van der Waals surface area contributed by atoms with Gasteiger partial charge in [0.15, 0.2) is 12.9 Å². The average Bonchev–Trinajstić information content (AvgIpc) is 2.66. The van der Waals surface area contributed by atoms with Crippen LogP contribution in [0.15, 0.2) is 42.5 Å². The fraction of sp³-hybridized carbons (Fsp3) is 0.211. The van der Waals surface area contributed by atoms with E-state index in [0.29, 0.717) is 29.8 Å². The number of ether oxygens (including phenoxy) is 2. The number of carbonyl (C=O) groups excluding carboxylic acids is 3. The fourth-order valence-corrected chi connectivity index (χ4v) is 2.22. The summed E-state index contributed by atoms with van der Waals surface area (Å²) in [5, 5.41) is 5.34. The summed E-state index contributed by atoms with van der Waals surface area (Å²) in [5.41, 5.74) is 1.21. The number of anilines is 1. The topological polar surface area (TPSA) is 93.7 Å². The summed E-state index contributed by atoms with van der Waals surface area (Å²) in [5.74, 6) is 0.178. The predicted molar refractivity (Wildman–Crippen MR) is 97.0 cm³/mol. The third kappa shape index (κ3) is 5.07. The van der Waals surface area contributed by atoms with Crippen molar-refractivity contribution < 1.29 is 23.9 Å². The first kappa shape index (κ1) is 19.0. The predicted octanol–water partition coefficient (Wildman–Crippen LogP) is 2.27. The standard InChI is InChI=1S/C19H20N2O5/c1-3-20-19(24)13-5-4-6-15(9-13)21-18(23)12-26-17-8-7-16(25-2)10-14(17)11-22/h4-11H,3,12H2,1-2H3,(H,20,24)(H,21,23). The van der Waals surface area contributed by atoms with E-state index in [4.69, 9.17) is 9.47 Å². The molecular formula is C19H20N2O5. The molecule has 7 heteroatoms. The third-order valence-corrected chi connectivity index (χ3v) is 3.45. The van der Waals surface area contributed by atoms with E-state index in [2.05, 4.69) is 10.6 Å². The quantitative estimate of drug-likeness (QED) is 0.708. The van der Waals surface area contributed by atoms with Crippen LogP contribution >= 0.6 is 0 Å². The number of amides is 2. The number of carbonyl (C=O) groups is 3. The van der Waals surface area contributed by atoms with Gasteiger partial charge >= 0.3 is 0 Å². The van der Waals surface area contributed by atoms with E-state index in [1.165, 1.54) is 13.2 Å². The monoisotopic (exact) mass is 356 g/mol. The molecule has 0 saturated carbocycles. The lowest BCUT2D eigenvalue weighted by molar-refractivity contribution is -0.118. The molecule has 0 aliphatic carbocycles. The van der Waals surface area contributed by atoms with Gasteiger partial charge in [-0.05, 0) is 43.3 Å². The van der Waals surface area contributed by atoms with Crippen LogP contribution in [0, 0.1) is 0 Å². The Labute approximate surface area is 151 Å². The van der Waals surface area contributed by atoms with Crippen LogP contribution < -0.4 is 20.1 Å². The molecule has 2 aromatic rings. The normalized spacial score (nSPS) is 9.92. The van der Waals surface area contributed by atoms with Crippen molar-refractivity contribution in [2.75, 3.05) is 25.6 Å². The summed E-state index contributed by atoms with van der Waals surface area (Å²) in [6.45, 7) is 2.07. The maximum Gasteiger partial charge on any atom is 0.262 e. The lowest BCUT2D eigenvalue weighted by Crippen LogP contribution is -2.23. The van der Waals surface area contributed by atoms with Gasteiger partial charge in [0.2, 0.25) is 0 Å². The molecule has 2 aromatic carbocycles. The lowest BCUT2D eigenvalue weighted by atomic mass is 10.2. The summed E-state index contributed by atoms with van der Waals surface area (Å²) >= 11 is 0. The number of nitrogens with one attached hydrogen (secondary N) is 2. The van der Waals surface area contributed by atoms with Gasteiger partial charge in [0.25, 0.3) is 11.8 Å². The third-order valence-electron chi connectivity index (χ3n) is 3.45. The smallest absolute Gasteiger partial charge is 0.262 e. The zero-order chi connectivity index (χ0) is 18.9. The zero-order valence-corrected chi connectivity index (χ0v) is 14.6. The minimum absolute atomic E-state index is 0.214. The molecule has 2 amide bonds. The first-order chi connectivity index (χ1) is 12.6. The van der Waals surface area contributed by atoms with E-state index in [0.717, 1.165) is 0 Å². The Morgan fingerprint density at radius 3 is 2.65 bits per heavy atom. The number of methoxy groups -OCH3 is 1. The molecule has 26 heavy (non-hydrogen) atoms. The second-order valence-electron chi connectivity index (χ2n) is 5.30. The van der Waals surface area contributed by atoms with Gasteiger partial charge in [-0.2, -0.15) is 0 Å². The van der Waals surface area contributed by atoms with Crippen LogP contribution in [0.25, 0.3) is 0 Å². The Bertz CT molecular complexity index is 804. The molecular weight excluding hydrogens is 336 g/mol. The minimum atomic E-state index is -0.411. The Balaban J connectivity index is 1.98. The largest absolute Gasteiger partial charge is 0.497 e. The molecule has 0 radical (unpaired) electrons. The van der Waals surface area contributed by atoms with Crippen molar-refractivity contribution in [3.05, 3.63) is 53.6 Å². The summed E-state index contributed by atoms with van der Waals surface area (Å²) in [7, 11) is 1.49.